The first-order chi connectivity index (χ1) is 14.2. The number of fused-ring (bicyclic) bond motifs is 2. The average Bonchev–Trinajstić information content (AvgIpc) is 3.15. The van der Waals surface area contributed by atoms with Crippen LogP contribution in [-0.4, -0.2) is 14.5 Å². The van der Waals surface area contributed by atoms with Gasteiger partial charge in [0, 0.05) is 29.2 Å². The van der Waals surface area contributed by atoms with Gasteiger partial charge in [-0.1, -0.05) is 42.5 Å². The van der Waals surface area contributed by atoms with Gasteiger partial charge in [-0.2, -0.15) is 0 Å². The highest BCUT2D eigenvalue weighted by molar-refractivity contribution is 5.83. The smallest absolute Gasteiger partial charge is 0.261 e. The maximum absolute atomic E-state index is 13.5. The Kier molecular flexibility index (Phi) is 4.21. The molecule has 142 valence electrons. The Balaban J connectivity index is 1.61. The van der Waals surface area contributed by atoms with Gasteiger partial charge < -0.3 is 4.98 Å². The van der Waals surface area contributed by atoms with E-state index in [1.165, 1.54) is 12.1 Å². The van der Waals surface area contributed by atoms with Crippen molar-refractivity contribution in [3.63, 3.8) is 0 Å². The number of benzene rings is 3. The molecule has 5 rings (SSSR count). The largest absolute Gasteiger partial charge is 0.361 e. The topological polar surface area (TPSA) is 50.7 Å². The monoisotopic (exact) mass is 383 g/mol. The molecule has 0 unspecified atom stereocenters. The predicted octanol–water partition coefficient (Wildman–Crippen LogP) is 4.93. The third kappa shape index (κ3) is 3.10. The third-order valence-electron chi connectivity index (χ3n) is 5.23. The van der Waals surface area contributed by atoms with Crippen LogP contribution < -0.4 is 5.56 Å². The highest BCUT2D eigenvalue weighted by Gasteiger charge is 2.13. The Hall–Kier alpha value is -3.73. The molecule has 0 spiro atoms. The van der Waals surface area contributed by atoms with Gasteiger partial charge in [-0.05, 0) is 42.3 Å². The normalized spacial score (nSPS) is 11.3. The fourth-order valence-corrected chi connectivity index (χ4v) is 3.78. The van der Waals surface area contributed by atoms with Gasteiger partial charge in [0.2, 0.25) is 0 Å². The second-order valence-corrected chi connectivity index (χ2v) is 7.03. The van der Waals surface area contributed by atoms with Crippen LogP contribution in [-0.2, 0) is 13.0 Å². The minimum atomic E-state index is -0.271. The number of halogens is 1. The number of hydrogen-bond acceptors (Lipinski definition) is 2. The van der Waals surface area contributed by atoms with Gasteiger partial charge in [0.15, 0.2) is 0 Å². The van der Waals surface area contributed by atoms with Crippen LogP contribution in [0.1, 0.15) is 5.56 Å². The van der Waals surface area contributed by atoms with Crippen molar-refractivity contribution in [2.75, 3.05) is 0 Å². The van der Waals surface area contributed by atoms with Gasteiger partial charge in [0.1, 0.15) is 11.6 Å². The molecule has 0 bridgehead atoms. The van der Waals surface area contributed by atoms with Crippen LogP contribution in [0.5, 0.6) is 0 Å². The molecule has 0 saturated carbocycles. The Labute approximate surface area is 166 Å². The fraction of sp³-hybridized carbons (Fsp3) is 0.0833. The van der Waals surface area contributed by atoms with E-state index in [1.807, 2.05) is 60.8 Å². The van der Waals surface area contributed by atoms with E-state index in [0.717, 1.165) is 22.0 Å². The van der Waals surface area contributed by atoms with Crippen LogP contribution in [0.15, 0.2) is 83.8 Å². The molecule has 0 radical (unpaired) electrons. The van der Waals surface area contributed by atoms with Crippen LogP contribution in [0.4, 0.5) is 4.39 Å². The zero-order valence-electron chi connectivity index (χ0n) is 15.6. The lowest BCUT2D eigenvalue weighted by atomic mass is 10.1. The third-order valence-corrected chi connectivity index (χ3v) is 5.23. The van der Waals surface area contributed by atoms with Gasteiger partial charge in [-0.3, -0.25) is 9.36 Å². The maximum atomic E-state index is 13.5. The molecule has 0 atom stereocenters. The van der Waals surface area contributed by atoms with E-state index in [0.29, 0.717) is 29.7 Å². The Morgan fingerprint density at radius 2 is 1.72 bits per heavy atom. The Bertz CT molecular complexity index is 1390. The zero-order chi connectivity index (χ0) is 19.8. The first kappa shape index (κ1) is 17.4. The average molecular weight is 383 g/mol. The molecule has 2 heterocycles. The van der Waals surface area contributed by atoms with E-state index >= 15 is 0 Å². The molecule has 5 aromatic rings. The quantitative estimate of drug-likeness (QED) is 0.479. The number of para-hydroxylation sites is 1. The van der Waals surface area contributed by atoms with Crippen molar-refractivity contribution in [1.82, 2.24) is 14.5 Å². The van der Waals surface area contributed by atoms with Crippen molar-refractivity contribution in [2.24, 2.45) is 0 Å². The van der Waals surface area contributed by atoms with E-state index in [-0.39, 0.29) is 11.4 Å². The number of nitrogens with zero attached hydrogens (tertiary/aromatic N) is 2. The van der Waals surface area contributed by atoms with Crippen LogP contribution >= 0.6 is 0 Å². The number of aryl methyl sites for hydroxylation is 1. The van der Waals surface area contributed by atoms with Gasteiger partial charge in [0.05, 0.1) is 10.9 Å². The molecule has 3 aromatic carbocycles. The number of rotatable bonds is 4. The van der Waals surface area contributed by atoms with Crippen molar-refractivity contribution in [1.29, 1.82) is 0 Å². The highest BCUT2D eigenvalue weighted by atomic mass is 19.1. The standard InChI is InChI=1S/C24H18FN3O/c25-18-10-11-19-17(15-26-22(19)14-18)12-13-28-23(16-6-2-1-3-7-16)27-21-9-5-4-8-20(21)24(28)29/h1-11,14-15,26H,12-13H2. The minimum Gasteiger partial charge on any atom is -0.361 e. The lowest BCUT2D eigenvalue weighted by Crippen LogP contribution is -2.24. The number of aromatic amines is 1. The van der Waals surface area contributed by atoms with Gasteiger partial charge >= 0.3 is 0 Å². The highest BCUT2D eigenvalue weighted by Crippen LogP contribution is 2.22. The van der Waals surface area contributed by atoms with Crippen molar-refractivity contribution in [2.45, 2.75) is 13.0 Å². The Morgan fingerprint density at radius 1 is 0.931 bits per heavy atom. The molecule has 4 nitrogen and oxygen atoms in total. The molecule has 0 fully saturated rings. The summed E-state index contributed by atoms with van der Waals surface area (Å²) in [6, 6.07) is 21.9. The summed E-state index contributed by atoms with van der Waals surface area (Å²) in [5.74, 6) is 0.382. The van der Waals surface area contributed by atoms with E-state index in [2.05, 4.69) is 4.98 Å². The summed E-state index contributed by atoms with van der Waals surface area (Å²) in [7, 11) is 0. The van der Waals surface area contributed by atoms with Crippen molar-refractivity contribution >= 4 is 21.8 Å². The number of H-pyrrole nitrogens is 1. The summed E-state index contributed by atoms with van der Waals surface area (Å²) in [5, 5.41) is 1.57. The van der Waals surface area contributed by atoms with Crippen LogP contribution in [0.2, 0.25) is 0 Å². The minimum absolute atomic E-state index is 0.0552. The summed E-state index contributed by atoms with van der Waals surface area (Å²) < 4.78 is 15.2. The van der Waals surface area contributed by atoms with E-state index < -0.39 is 0 Å². The summed E-state index contributed by atoms with van der Waals surface area (Å²) in [4.78, 5) is 21.2. The first-order valence-electron chi connectivity index (χ1n) is 9.51. The molecule has 0 saturated heterocycles. The van der Waals surface area contributed by atoms with Crippen LogP contribution in [0, 0.1) is 5.82 Å². The molecule has 0 aliphatic heterocycles. The first-order valence-corrected chi connectivity index (χ1v) is 9.51. The predicted molar refractivity (Wildman–Crippen MR) is 113 cm³/mol. The van der Waals surface area contributed by atoms with Gasteiger partial charge in [0.25, 0.3) is 5.56 Å². The molecule has 2 aromatic heterocycles. The molecule has 0 aliphatic rings. The molecule has 29 heavy (non-hydrogen) atoms. The number of nitrogens with one attached hydrogen (secondary N) is 1. The lowest BCUT2D eigenvalue weighted by molar-refractivity contribution is 0.629. The second kappa shape index (κ2) is 7.02. The molecular weight excluding hydrogens is 365 g/mol. The van der Waals surface area contributed by atoms with Crippen molar-refractivity contribution < 1.29 is 4.39 Å². The molecule has 0 amide bonds. The fourth-order valence-electron chi connectivity index (χ4n) is 3.78. The number of aromatic nitrogens is 3. The van der Waals surface area contributed by atoms with Gasteiger partial charge in [-0.25, -0.2) is 9.37 Å². The lowest BCUT2D eigenvalue weighted by Gasteiger charge is -2.13. The van der Waals surface area contributed by atoms with Crippen LogP contribution in [0.3, 0.4) is 0 Å². The SMILES string of the molecule is O=c1c2ccccc2nc(-c2ccccc2)n1CCc1c[nH]c2cc(F)ccc12. The summed E-state index contributed by atoms with van der Waals surface area (Å²) in [6.45, 7) is 0.477. The van der Waals surface area contributed by atoms with Crippen molar-refractivity contribution in [3.8, 4) is 11.4 Å². The number of hydrogen-bond donors (Lipinski definition) is 1. The molecule has 0 aliphatic carbocycles. The Morgan fingerprint density at radius 3 is 2.59 bits per heavy atom. The van der Waals surface area contributed by atoms with E-state index in [1.54, 1.807) is 10.6 Å². The maximum Gasteiger partial charge on any atom is 0.261 e. The molecular formula is C24H18FN3O. The molecule has 5 heteroatoms. The van der Waals surface area contributed by atoms with E-state index in [4.69, 9.17) is 4.98 Å². The van der Waals surface area contributed by atoms with Crippen LogP contribution in [0.25, 0.3) is 33.2 Å². The van der Waals surface area contributed by atoms with Crippen molar-refractivity contribution in [3.05, 3.63) is 101 Å². The summed E-state index contributed by atoms with van der Waals surface area (Å²) >= 11 is 0. The van der Waals surface area contributed by atoms with Gasteiger partial charge in [-0.15, -0.1) is 0 Å². The molecule has 1 N–H and O–H groups in total. The summed E-state index contributed by atoms with van der Waals surface area (Å²) in [5.41, 5.74) is 3.33. The second-order valence-electron chi connectivity index (χ2n) is 7.03. The summed E-state index contributed by atoms with van der Waals surface area (Å²) in [6.07, 6.45) is 2.51. The van der Waals surface area contributed by atoms with E-state index in [9.17, 15) is 9.18 Å². The zero-order valence-corrected chi connectivity index (χ0v) is 15.6.